The summed E-state index contributed by atoms with van der Waals surface area (Å²) in [7, 11) is -0.900. The van der Waals surface area contributed by atoms with Crippen LogP contribution in [0.5, 0.6) is 0 Å². The van der Waals surface area contributed by atoms with Crippen LogP contribution in [0.2, 0.25) is 0 Å². The van der Waals surface area contributed by atoms with Gasteiger partial charge in [-0.05, 0) is 25.0 Å². The van der Waals surface area contributed by atoms with Crippen molar-refractivity contribution in [3.05, 3.63) is 41.6 Å². The second-order valence-electron chi connectivity index (χ2n) is 5.51. The molecule has 5 nitrogen and oxygen atoms in total. The number of carbonyl (C=O) groups excluding carboxylic acids is 1. The Kier molecular flexibility index (Phi) is 2.92. The molecule has 2 heterocycles. The van der Waals surface area contributed by atoms with Gasteiger partial charge in [0.05, 0.1) is 22.9 Å². The number of benzene rings is 1. The van der Waals surface area contributed by atoms with Crippen LogP contribution in [0.25, 0.3) is 5.69 Å². The van der Waals surface area contributed by atoms with E-state index in [0.717, 1.165) is 29.8 Å². The molecule has 0 radical (unpaired) electrons. The zero-order chi connectivity index (χ0) is 14.4. The lowest BCUT2D eigenvalue weighted by Gasteiger charge is -2.10. The number of carbonyl (C=O) groups is 1. The van der Waals surface area contributed by atoms with Gasteiger partial charge in [0.1, 0.15) is 5.82 Å². The standard InChI is InChI=1S/C15H15N3O2S/c19-15(10-6-7-10)16-14-12-8-21(20)9-13(12)17-18(14)11-4-2-1-3-5-11/h1-5,10H,6-9H2,(H,16,19)/t21-/m1/s1. The molecule has 2 aliphatic rings. The van der Waals surface area contributed by atoms with Gasteiger partial charge in [0.2, 0.25) is 5.91 Å². The Hall–Kier alpha value is -1.95. The highest BCUT2D eigenvalue weighted by Gasteiger charge is 2.33. The number of hydrogen-bond donors (Lipinski definition) is 1. The molecule has 4 rings (SSSR count). The minimum Gasteiger partial charge on any atom is -0.310 e. The van der Waals surface area contributed by atoms with E-state index < -0.39 is 10.8 Å². The van der Waals surface area contributed by atoms with E-state index in [1.54, 1.807) is 4.68 Å². The molecule has 21 heavy (non-hydrogen) atoms. The van der Waals surface area contributed by atoms with Gasteiger partial charge >= 0.3 is 0 Å². The molecular weight excluding hydrogens is 286 g/mol. The van der Waals surface area contributed by atoms with Gasteiger partial charge in [-0.3, -0.25) is 9.00 Å². The van der Waals surface area contributed by atoms with Gasteiger partial charge in [0.15, 0.2) is 0 Å². The first-order valence-electron chi connectivity index (χ1n) is 7.04. The molecule has 1 saturated carbocycles. The van der Waals surface area contributed by atoms with Crippen LogP contribution in [-0.4, -0.2) is 19.9 Å². The minimum absolute atomic E-state index is 0.0487. The fourth-order valence-electron chi connectivity index (χ4n) is 2.58. The van der Waals surface area contributed by atoms with Gasteiger partial charge in [0.25, 0.3) is 0 Å². The van der Waals surface area contributed by atoms with Crippen molar-refractivity contribution in [1.82, 2.24) is 9.78 Å². The maximum atomic E-state index is 12.1. The van der Waals surface area contributed by atoms with Crippen LogP contribution < -0.4 is 5.32 Å². The summed E-state index contributed by atoms with van der Waals surface area (Å²) in [5, 5.41) is 7.55. The van der Waals surface area contributed by atoms with Crippen molar-refractivity contribution in [2.75, 3.05) is 5.32 Å². The van der Waals surface area contributed by atoms with E-state index in [-0.39, 0.29) is 11.8 Å². The number of hydrogen-bond acceptors (Lipinski definition) is 3. The third kappa shape index (κ3) is 2.29. The first kappa shape index (κ1) is 12.8. The number of nitrogens with one attached hydrogen (secondary N) is 1. The van der Waals surface area contributed by atoms with Crippen molar-refractivity contribution >= 4 is 22.5 Å². The highest BCUT2D eigenvalue weighted by molar-refractivity contribution is 7.83. The van der Waals surface area contributed by atoms with Crippen LogP contribution in [0.15, 0.2) is 30.3 Å². The third-order valence-electron chi connectivity index (χ3n) is 3.86. The summed E-state index contributed by atoms with van der Waals surface area (Å²) in [4.78, 5) is 12.1. The molecule has 0 saturated heterocycles. The number of nitrogens with zero attached hydrogens (tertiary/aromatic N) is 2. The van der Waals surface area contributed by atoms with Crippen LogP contribution in [0.1, 0.15) is 24.1 Å². The summed E-state index contributed by atoms with van der Waals surface area (Å²) in [5.74, 6) is 1.82. The monoisotopic (exact) mass is 301 g/mol. The maximum absolute atomic E-state index is 12.1. The van der Waals surface area contributed by atoms with Crippen LogP contribution in [0.3, 0.4) is 0 Å². The lowest BCUT2D eigenvalue weighted by Crippen LogP contribution is -2.17. The summed E-state index contributed by atoms with van der Waals surface area (Å²) in [6.07, 6.45) is 1.92. The quantitative estimate of drug-likeness (QED) is 0.943. The molecule has 0 spiro atoms. The summed E-state index contributed by atoms with van der Waals surface area (Å²) in [5.41, 5.74) is 2.67. The Morgan fingerprint density at radius 1 is 1.24 bits per heavy atom. The third-order valence-corrected chi connectivity index (χ3v) is 5.07. The van der Waals surface area contributed by atoms with E-state index in [4.69, 9.17) is 0 Å². The Morgan fingerprint density at radius 3 is 2.71 bits per heavy atom. The zero-order valence-electron chi connectivity index (χ0n) is 11.4. The predicted molar refractivity (Wildman–Crippen MR) is 80.5 cm³/mol. The van der Waals surface area contributed by atoms with E-state index in [1.165, 1.54) is 0 Å². The van der Waals surface area contributed by atoms with Gasteiger partial charge in [0, 0.05) is 22.3 Å². The van der Waals surface area contributed by atoms with Gasteiger partial charge in [-0.15, -0.1) is 0 Å². The van der Waals surface area contributed by atoms with E-state index in [0.29, 0.717) is 17.3 Å². The lowest BCUT2D eigenvalue weighted by molar-refractivity contribution is -0.117. The molecule has 1 aromatic carbocycles. The first-order chi connectivity index (χ1) is 10.2. The smallest absolute Gasteiger partial charge is 0.228 e. The van der Waals surface area contributed by atoms with Crippen LogP contribution in [0.4, 0.5) is 5.82 Å². The highest BCUT2D eigenvalue weighted by Crippen LogP contribution is 2.34. The number of aromatic nitrogens is 2. The van der Waals surface area contributed by atoms with Crippen LogP contribution in [-0.2, 0) is 27.1 Å². The fourth-order valence-corrected chi connectivity index (χ4v) is 3.84. The molecule has 1 aliphatic carbocycles. The van der Waals surface area contributed by atoms with Crippen molar-refractivity contribution in [2.45, 2.75) is 24.3 Å². The maximum Gasteiger partial charge on any atom is 0.228 e. The Bertz CT molecular complexity index is 735. The molecule has 2 aromatic rings. The normalized spacial score (nSPS) is 20.3. The van der Waals surface area contributed by atoms with E-state index in [9.17, 15) is 9.00 Å². The average molecular weight is 301 g/mol. The fraction of sp³-hybridized carbons (Fsp3) is 0.333. The number of amides is 1. The topological polar surface area (TPSA) is 64.0 Å². The average Bonchev–Trinajstić information content (AvgIpc) is 3.21. The summed E-state index contributed by atoms with van der Waals surface area (Å²) in [6.45, 7) is 0. The van der Waals surface area contributed by atoms with Gasteiger partial charge in [-0.25, -0.2) is 4.68 Å². The minimum atomic E-state index is -0.900. The number of para-hydroxylation sites is 1. The summed E-state index contributed by atoms with van der Waals surface area (Å²) >= 11 is 0. The summed E-state index contributed by atoms with van der Waals surface area (Å²) in [6, 6.07) is 9.72. The largest absolute Gasteiger partial charge is 0.310 e. The number of fused-ring (bicyclic) bond motifs is 1. The second kappa shape index (κ2) is 4.80. The molecule has 1 N–H and O–H groups in total. The van der Waals surface area contributed by atoms with Crippen molar-refractivity contribution in [3.63, 3.8) is 0 Å². The first-order valence-corrected chi connectivity index (χ1v) is 8.53. The van der Waals surface area contributed by atoms with Crippen molar-refractivity contribution in [1.29, 1.82) is 0 Å². The number of anilines is 1. The second-order valence-corrected chi connectivity index (χ2v) is 6.97. The van der Waals surface area contributed by atoms with Crippen LogP contribution >= 0.6 is 0 Å². The molecule has 1 atom stereocenters. The molecule has 1 aliphatic heterocycles. The molecule has 0 bridgehead atoms. The lowest BCUT2D eigenvalue weighted by atomic mass is 10.2. The van der Waals surface area contributed by atoms with E-state index in [2.05, 4.69) is 10.4 Å². The van der Waals surface area contributed by atoms with Crippen molar-refractivity contribution in [3.8, 4) is 5.69 Å². The summed E-state index contributed by atoms with van der Waals surface area (Å²) < 4.78 is 13.5. The van der Waals surface area contributed by atoms with Gasteiger partial charge in [-0.2, -0.15) is 5.10 Å². The molecule has 1 amide bonds. The molecular formula is C15H15N3O2S. The SMILES string of the molecule is O=C(Nc1c2c(nn1-c1ccccc1)C[S@](=O)C2)C1CC1. The Balaban J connectivity index is 1.77. The Labute approximate surface area is 124 Å². The zero-order valence-corrected chi connectivity index (χ0v) is 12.2. The van der Waals surface area contributed by atoms with Crippen molar-refractivity contribution in [2.24, 2.45) is 5.92 Å². The molecule has 0 unspecified atom stereocenters. The van der Waals surface area contributed by atoms with E-state index in [1.807, 2.05) is 30.3 Å². The van der Waals surface area contributed by atoms with Crippen LogP contribution in [0, 0.1) is 5.92 Å². The predicted octanol–water partition coefficient (Wildman–Crippen LogP) is 1.98. The number of rotatable bonds is 3. The Morgan fingerprint density at radius 2 is 2.00 bits per heavy atom. The van der Waals surface area contributed by atoms with E-state index >= 15 is 0 Å². The van der Waals surface area contributed by atoms with Gasteiger partial charge < -0.3 is 5.32 Å². The molecule has 1 aromatic heterocycles. The van der Waals surface area contributed by atoms with Crippen molar-refractivity contribution < 1.29 is 9.00 Å². The molecule has 108 valence electrons. The molecule has 6 heteroatoms. The highest BCUT2D eigenvalue weighted by atomic mass is 32.2. The van der Waals surface area contributed by atoms with Gasteiger partial charge in [-0.1, -0.05) is 18.2 Å². The molecule has 1 fully saturated rings.